The summed E-state index contributed by atoms with van der Waals surface area (Å²) < 4.78 is 6.08. The molecule has 4 saturated carbocycles. The zero-order chi connectivity index (χ0) is 32.5. The molecule has 0 spiro atoms. The maximum Gasteiger partial charge on any atom is 0.164 e. The van der Waals surface area contributed by atoms with Crippen LogP contribution in [0.5, 0.6) is 0 Å². The number of aromatic nitrogens is 3. The molecule has 4 aliphatic rings. The van der Waals surface area contributed by atoms with Crippen molar-refractivity contribution >= 4 is 21.9 Å². The monoisotopic (exact) mass is 634 g/mol. The third kappa shape index (κ3) is 4.85. The predicted octanol–water partition coefficient (Wildman–Crippen LogP) is 10.8. The molecule has 236 valence electrons. The van der Waals surface area contributed by atoms with Crippen molar-refractivity contribution < 1.29 is 4.42 Å². The Morgan fingerprint density at radius 3 is 1.73 bits per heavy atom. The van der Waals surface area contributed by atoms with E-state index < -0.39 is 0 Å². The molecule has 2 heterocycles. The van der Waals surface area contributed by atoms with Gasteiger partial charge in [0.2, 0.25) is 0 Å². The molecule has 0 atom stereocenters. The molecule has 5 aromatic carbocycles. The van der Waals surface area contributed by atoms with E-state index in [4.69, 9.17) is 19.4 Å². The molecule has 49 heavy (non-hydrogen) atoms. The first-order chi connectivity index (χ1) is 24.1. The number of rotatable bonds is 5. The summed E-state index contributed by atoms with van der Waals surface area (Å²) in [4.78, 5) is 15.1. The Kier molecular flexibility index (Phi) is 6.36. The van der Waals surface area contributed by atoms with Gasteiger partial charge in [0, 0.05) is 27.5 Å². The van der Waals surface area contributed by atoms with Crippen molar-refractivity contribution in [1.29, 1.82) is 5.26 Å². The first-order valence-corrected chi connectivity index (χ1v) is 17.5. The highest BCUT2D eigenvalue weighted by Gasteiger charge is 2.51. The highest BCUT2D eigenvalue weighted by Crippen LogP contribution is 2.60. The zero-order valence-corrected chi connectivity index (χ0v) is 27.1. The average Bonchev–Trinajstić information content (AvgIpc) is 3.52. The molecular weight excluding hydrogens is 601 g/mol. The second-order valence-electron chi connectivity index (χ2n) is 14.7. The third-order valence-corrected chi connectivity index (χ3v) is 11.5. The molecule has 0 saturated heterocycles. The molecular formula is C44H34N4O. The topological polar surface area (TPSA) is 75.6 Å². The van der Waals surface area contributed by atoms with E-state index in [1.165, 1.54) is 44.1 Å². The maximum atomic E-state index is 9.47. The van der Waals surface area contributed by atoms with Crippen LogP contribution >= 0.6 is 0 Å². The van der Waals surface area contributed by atoms with Gasteiger partial charge in [0.25, 0.3) is 0 Å². The minimum atomic E-state index is 0.358. The molecule has 2 aromatic heterocycles. The van der Waals surface area contributed by atoms with E-state index in [9.17, 15) is 5.26 Å². The van der Waals surface area contributed by atoms with Crippen molar-refractivity contribution in [1.82, 2.24) is 15.0 Å². The van der Waals surface area contributed by atoms with Crippen LogP contribution in [-0.4, -0.2) is 15.0 Å². The van der Waals surface area contributed by atoms with Gasteiger partial charge in [-0.3, -0.25) is 0 Å². The molecule has 4 aliphatic carbocycles. The summed E-state index contributed by atoms with van der Waals surface area (Å²) in [5, 5.41) is 11.4. The summed E-state index contributed by atoms with van der Waals surface area (Å²) in [7, 11) is 0. The molecule has 0 radical (unpaired) electrons. The van der Waals surface area contributed by atoms with E-state index in [0.717, 1.165) is 67.5 Å². The Morgan fingerprint density at radius 1 is 0.531 bits per heavy atom. The Labute approximate surface area is 285 Å². The lowest BCUT2D eigenvalue weighted by Gasteiger charge is -2.57. The minimum absolute atomic E-state index is 0.358. The standard InChI is InChI=1S/C44H34N4O/c45-26-27-9-15-39-37(20-27)38-22-34(12-16-40(38)49-39)33-7-4-8-35(21-33)43-47-41(31-5-2-1-3-6-31)46-42(48-43)32-10-13-36(14-11-32)44-23-28-17-29(24-44)19-30(18-28)25-44/h1-16,20-22,28-30H,17-19,23-25H2. The first kappa shape index (κ1) is 28.4. The summed E-state index contributed by atoms with van der Waals surface area (Å²) in [5.74, 6) is 4.74. The van der Waals surface area contributed by atoms with Gasteiger partial charge in [0.15, 0.2) is 17.5 Å². The molecule has 11 rings (SSSR count). The lowest BCUT2D eigenvalue weighted by atomic mass is 9.48. The van der Waals surface area contributed by atoms with Gasteiger partial charge < -0.3 is 4.42 Å². The van der Waals surface area contributed by atoms with E-state index in [2.05, 4.69) is 78.9 Å². The van der Waals surface area contributed by atoms with Gasteiger partial charge in [-0.15, -0.1) is 0 Å². The van der Waals surface area contributed by atoms with Gasteiger partial charge in [-0.1, -0.05) is 78.9 Å². The van der Waals surface area contributed by atoms with E-state index in [-0.39, 0.29) is 0 Å². The normalized spacial score (nSPS) is 22.5. The largest absolute Gasteiger partial charge is 0.456 e. The number of nitrogens with zero attached hydrogens (tertiary/aromatic N) is 4. The van der Waals surface area contributed by atoms with Crippen LogP contribution in [0.1, 0.15) is 49.7 Å². The summed E-state index contributed by atoms with van der Waals surface area (Å²) in [6.07, 6.45) is 8.42. The number of nitriles is 1. The van der Waals surface area contributed by atoms with Gasteiger partial charge in [-0.2, -0.15) is 5.26 Å². The summed E-state index contributed by atoms with van der Waals surface area (Å²) in [6, 6.07) is 41.8. The van der Waals surface area contributed by atoms with Gasteiger partial charge in [0.1, 0.15) is 11.2 Å². The van der Waals surface area contributed by atoms with Crippen molar-refractivity contribution in [2.75, 3.05) is 0 Å². The molecule has 7 aromatic rings. The van der Waals surface area contributed by atoms with Gasteiger partial charge in [0.05, 0.1) is 11.6 Å². The summed E-state index contributed by atoms with van der Waals surface area (Å²) in [6.45, 7) is 0. The van der Waals surface area contributed by atoms with Crippen LogP contribution in [0, 0.1) is 29.1 Å². The quantitative estimate of drug-likeness (QED) is 0.188. The highest BCUT2D eigenvalue weighted by atomic mass is 16.3. The van der Waals surface area contributed by atoms with Crippen molar-refractivity contribution in [2.24, 2.45) is 17.8 Å². The molecule has 5 nitrogen and oxygen atoms in total. The summed E-state index contributed by atoms with van der Waals surface area (Å²) in [5.41, 5.74) is 9.06. The van der Waals surface area contributed by atoms with Gasteiger partial charge >= 0.3 is 0 Å². The van der Waals surface area contributed by atoms with Crippen LogP contribution in [0.2, 0.25) is 0 Å². The Morgan fingerprint density at radius 2 is 1.06 bits per heavy atom. The lowest BCUT2D eigenvalue weighted by Crippen LogP contribution is -2.48. The molecule has 5 heteroatoms. The highest BCUT2D eigenvalue weighted by molar-refractivity contribution is 6.06. The van der Waals surface area contributed by atoms with E-state index >= 15 is 0 Å². The third-order valence-electron chi connectivity index (χ3n) is 11.5. The van der Waals surface area contributed by atoms with E-state index in [1.54, 1.807) is 6.07 Å². The maximum absolute atomic E-state index is 9.47. The second-order valence-corrected chi connectivity index (χ2v) is 14.7. The fourth-order valence-electron chi connectivity index (χ4n) is 9.65. The molecule has 4 fully saturated rings. The smallest absolute Gasteiger partial charge is 0.164 e. The van der Waals surface area contributed by atoms with Gasteiger partial charge in [-0.05, 0) is 115 Å². The number of hydrogen-bond donors (Lipinski definition) is 0. The van der Waals surface area contributed by atoms with Crippen LogP contribution < -0.4 is 0 Å². The number of fused-ring (bicyclic) bond motifs is 3. The van der Waals surface area contributed by atoms with Gasteiger partial charge in [-0.25, -0.2) is 15.0 Å². The zero-order valence-electron chi connectivity index (χ0n) is 27.1. The first-order valence-electron chi connectivity index (χ1n) is 17.5. The molecule has 0 N–H and O–H groups in total. The van der Waals surface area contributed by atoms with E-state index in [1.807, 2.05) is 36.4 Å². The number of hydrogen-bond acceptors (Lipinski definition) is 5. The Bertz CT molecular complexity index is 2400. The fourth-order valence-corrected chi connectivity index (χ4v) is 9.65. The second kappa shape index (κ2) is 11.0. The van der Waals surface area contributed by atoms with Crippen LogP contribution in [0.25, 0.3) is 67.2 Å². The van der Waals surface area contributed by atoms with Crippen LogP contribution in [0.15, 0.2) is 120 Å². The van der Waals surface area contributed by atoms with Crippen molar-refractivity contribution in [3.8, 4) is 51.4 Å². The minimum Gasteiger partial charge on any atom is -0.456 e. The van der Waals surface area contributed by atoms with Crippen molar-refractivity contribution in [2.45, 2.75) is 43.9 Å². The van der Waals surface area contributed by atoms with Crippen LogP contribution in [-0.2, 0) is 5.41 Å². The molecule has 4 bridgehead atoms. The Balaban J connectivity index is 1.04. The molecule has 0 unspecified atom stereocenters. The SMILES string of the molecule is N#Cc1ccc2oc3ccc(-c4cccc(-c5nc(-c6ccccc6)nc(-c6ccc(C78CC9CC(CC(C9)C7)C8)cc6)n5)c4)cc3c2c1. The average molecular weight is 635 g/mol. The molecule has 0 amide bonds. The lowest BCUT2D eigenvalue weighted by molar-refractivity contribution is -0.00518. The molecule has 0 aliphatic heterocycles. The van der Waals surface area contributed by atoms with Crippen LogP contribution in [0.3, 0.4) is 0 Å². The predicted molar refractivity (Wildman–Crippen MR) is 193 cm³/mol. The number of furan rings is 1. The van der Waals surface area contributed by atoms with Crippen LogP contribution in [0.4, 0.5) is 0 Å². The van der Waals surface area contributed by atoms with Crippen molar-refractivity contribution in [3.63, 3.8) is 0 Å². The Hall–Kier alpha value is -5.60. The van der Waals surface area contributed by atoms with E-state index in [0.29, 0.717) is 28.5 Å². The fraction of sp³-hybridized carbons (Fsp3) is 0.227. The van der Waals surface area contributed by atoms with Crippen molar-refractivity contribution in [3.05, 3.63) is 126 Å². The number of benzene rings is 5. The summed E-state index contributed by atoms with van der Waals surface area (Å²) >= 11 is 0.